The van der Waals surface area contributed by atoms with Crippen LogP contribution in [0.25, 0.3) is 0 Å². The van der Waals surface area contributed by atoms with Gasteiger partial charge in [-0.3, -0.25) is 9.59 Å². The number of hydrogen-bond donors (Lipinski definition) is 1. The van der Waals surface area contributed by atoms with Crippen LogP contribution in [-0.2, 0) is 30.4 Å². The number of hydrogen-bond acceptors (Lipinski definition) is 6. The third-order valence-corrected chi connectivity index (χ3v) is 6.08. The lowest BCUT2D eigenvalue weighted by Crippen LogP contribution is -2.44. The Morgan fingerprint density at radius 3 is 2.75 bits per heavy atom. The van der Waals surface area contributed by atoms with Crippen molar-refractivity contribution in [2.75, 3.05) is 13.2 Å². The summed E-state index contributed by atoms with van der Waals surface area (Å²) < 4.78 is 12.4. The summed E-state index contributed by atoms with van der Waals surface area (Å²) in [5, 5.41) is 11.7. The highest BCUT2D eigenvalue weighted by atomic mass is 16.5. The van der Waals surface area contributed by atoms with Crippen LogP contribution in [0.15, 0.2) is 15.4 Å². The lowest BCUT2D eigenvalue weighted by atomic mass is 9.96. The largest absolute Gasteiger partial charge is 0.377 e. The van der Waals surface area contributed by atoms with Crippen LogP contribution in [0.2, 0.25) is 0 Å². The second kappa shape index (κ2) is 7.16. The van der Waals surface area contributed by atoms with Gasteiger partial charge in [-0.05, 0) is 56.9 Å². The van der Waals surface area contributed by atoms with Gasteiger partial charge in [-0.2, -0.15) is 5.10 Å². The van der Waals surface area contributed by atoms with E-state index in [0.29, 0.717) is 19.0 Å². The fourth-order valence-electron chi connectivity index (χ4n) is 4.54. The van der Waals surface area contributed by atoms with Gasteiger partial charge in [0.15, 0.2) is 0 Å². The van der Waals surface area contributed by atoms with E-state index in [1.54, 1.807) is 6.07 Å². The zero-order chi connectivity index (χ0) is 19.1. The highest BCUT2D eigenvalue weighted by Gasteiger charge is 2.35. The number of aryl methyl sites for hydroxylation is 3. The smallest absolute Gasteiger partial charge is 0.290 e. The first-order valence-corrected chi connectivity index (χ1v) is 10.2. The van der Waals surface area contributed by atoms with Crippen molar-refractivity contribution in [2.24, 2.45) is 0 Å². The molecule has 1 amide bonds. The van der Waals surface area contributed by atoms with Crippen LogP contribution < -0.4 is 10.9 Å². The number of ether oxygens (including phenoxy) is 1. The minimum Gasteiger partial charge on any atom is -0.377 e. The van der Waals surface area contributed by atoms with E-state index >= 15 is 0 Å². The molecule has 0 spiro atoms. The molecule has 8 heteroatoms. The summed E-state index contributed by atoms with van der Waals surface area (Å²) in [7, 11) is 0. The van der Waals surface area contributed by atoms with Gasteiger partial charge in [0.1, 0.15) is 6.04 Å². The summed E-state index contributed by atoms with van der Waals surface area (Å²) in [5.74, 6) is 0.00764. The van der Waals surface area contributed by atoms with Gasteiger partial charge in [0.05, 0.1) is 30.6 Å². The van der Waals surface area contributed by atoms with Crippen LogP contribution in [0.3, 0.4) is 0 Å². The number of amides is 1. The molecule has 28 heavy (non-hydrogen) atoms. The molecule has 148 valence electrons. The summed E-state index contributed by atoms with van der Waals surface area (Å²) in [5.41, 5.74) is 3.73. The van der Waals surface area contributed by atoms with Crippen molar-refractivity contribution in [3.05, 3.63) is 44.7 Å². The van der Waals surface area contributed by atoms with E-state index in [1.807, 2.05) is 0 Å². The minimum absolute atomic E-state index is 0.132. The first-order chi connectivity index (χ1) is 13.7. The van der Waals surface area contributed by atoms with Crippen LogP contribution in [0, 0.1) is 0 Å². The first kappa shape index (κ1) is 17.6. The molecule has 3 aliphatic rings. The van der Waals surface area contributed by atoms with Gasteiger partial charge in [-0.1, -0.05) is 5.16 Å². The van der Waals surface area contributed by atoms with Crippen LogP contribution in [0.4, 0.5) is 0 Å². The molecule has 2 aromatic rings. The quantitative estimate of drug-likeness (QED) is 0.858. The van der Waals surface area contributed by atoms with E-state index in [0.717, 1.165) is 73.9 Å². The molecule has 8 nitrogen and oxygen atoms in total. The molecule has 2 unspecified atom stereocenters. The summed E-state index contributed by atoms with van der Waals surface area (Å²) in [6.07, 6.45) is 7.79. The summed E-state index contributed by atoms with van der Waals surface area (Å²) in [6.45, 7) is 0.698. The molecule has 2 aromatic heterocycles. The Kier molecular flexibility index (Phi) is 4.50. The zero-order valence-corrected chi connectivity index (χ0v) is 15.8. The molecular weight excluding hydrogens is 360 g/mol. The number of fused-ring (bicyclic) bond motifs is 2. The van der Waals surface area contributed by atoms with Crippen molar-refractivity contribution < 1.29 is 14.1 Å². The monoisotopic (exact) mass is 384 g/mol. The molecule has 2 aliphatic carbocycles. The topological polar surface area (TPSA) is 99.2 Å². The third kappa shape index (κ3) is 3.05. The van der Waals surface area contributed by atoms with Crippen molar-refractivity contribution in [1.82, 2.24) is 20.3 Å². The maximum absolute atomic E-state index is 12.8. The second-order valence-corrected chi connectivity index (χ2v) is 7.93. The number of rotatable bonds is 3. The van der Waals surface area contributed by atoms with E-state index in [-0.39, 0.29) is 23.6 Å². The maximum atomic E-state index is 12.8. The highest BCUT2D eigenvalue weighted by molar-refractivity contribution is 5.93. The van der Waals surface area contributed by atoms with Gasteiger partial charge in [0.2, 0.25) is 5.76 Å². The summed E-state index contributed by atoms with van der Waals surface area (Å²) in [6, 6.07) is 1.05. The van der Waals surface area contributed by atoms with E-state index in [9.17, 15) is 9.59 Å². The molecule has 1 aliphatic heterocycles. The van der Waals surface area contributed by atoms with Crippen molar-refractivity contribution in [1.29, 1.82) is 0 Å². The zero-order valence-electron chi connectivity index (χ0n) is 15.8. The van der Waals surface area contributed by atoms with Crippen LogP contribution in [0.5, 0.6) is 0 Å². The fourth-order valence-corrected chi connectivity index (χ4v) is 4.54. The standard InChI is InChI=1S/C20H24N4O4/c25-18-9-12-5-1-3-7-14(12)22-24(18)17-11-27-10-16(17)21-20(26)19-13-6-2-4-8-15(13)23-28-19/h9,16-17H,1-8,10-11H2,(H,21,26). The third-order valence-electron chi connectivity index (χ3n) is 6.08. The molecule has 1 N–H and O–H groups in total. The Labute approximate surface area is 162 Å². The Hall–Kier alpha value is -2.48. The SMILES string of the molecule is O=C(NC1COCC1n1nc2c(cc1=O)CCCC2)c1onc2c1CCCC2. The van der Waals surface area contributed by atoms with Crippen molar-refractivity contribution in [2.45, 2.75) is 63.5 Å². The number of nitrogens with zero attached hydrogens (tertiary/aromatic N) is 3. The van der Waals surface area contributed by atoms with Gasteiger partial charge >= 0.3 is 0 Å². The fraction of sp³-hybridized carbons (Fsp3) is 0.600. The average Bonchev–Trinajstić information content (AvgIpc) is 3.34. The molecule has 0 radical (unpaired) electrons. The summed E-state index contributed by atoms with van der Waals surface area (Å²) in [4.78, 5) is 25.5. The molecule has 0 saturated carbocycles. The number of aromatic nitrogens is 3. The Balaban J connectivity index is 1.38. The predicted molar refractivity (Wildman–Crippen MR) is 99.4 cm³/mol. The highest BCUT2D eigenvalue weighted by Crippen LogP contribution is 2.25. The van der Waals surface area contributed by atoms with E-state index in [4.69, 9.17) is 9.26 Å². The number of nitrogens with one attached hydrogen (secondary N) is 1. The van der Waals surface area contributed by atoms with Gasteiger partial charge in [-0.25, -0.2) is 4.68 Å². The van der Waals surface area contributed by atoms with Crippen molar-refractivity contribution in [3.63, 3.8) is 0 Å². The number of carbonyl (C=O) groups is 1. The normalized spacial score (nSPS) is 23.9. The Morgan fingerprint density at radius 1 is 1.07 bits per heavy atom. The molecule has 1 fully saturated rings. The lowest BCUT2D eigenvalue weighted by molar-refractivity contribution is 0.0886. The van der Waals surface area contributed by atoms with E-state index < -0.39 is 0 Å². The Morgan fingerprint density at radius 2 is 1.86 bits per heavy atom. The van der Waals surface area contributed by atoms with Crippen LogP contribution >= 0.6 is 0 Å². The van der Waals surface area contributed by atoms with Gasteiger partial charge in [-0.15, -0.1) is 0 Å². The van der Waals surface area contributed by atoms with E-state index in [1.165, 1.54) is 4.68 Å². The molecular formula is C20H24N4O4. The minimum atomic E-state index is -0.330. The summed E-state index contributed by atoms with van der Waals surface area (Å²) >= 11 is 0. The molecule has 0 aromatic carbocycles. The van der Waals surface area contributed by atoms with Gasteiger partial charge in [0.25, 0.3) is 11.5 Å². The Bertz CT molecular complexity index is 964. The molecule has 0 bridgehead atoms. The molecule has 5 rings (SSSR count). The second-order valence-electron chi connectivity index (χ2n) is 7.93. The van der Waals surface area contributed by atoms with Crippen molar-refractivity contribution in [3.8, 4) is 0 Å². The predicted octanol–water partition coefficient (Wildman–Crippen LogP) is 1.36. The molecule has 2 atom stereocenters. The van der Waals surface area contributed by atoms with Crippen LogP contribution in [0.1, 0.15) is 64.8 Å². The average molecular weight is 384 g/mol. The first-order valence-electron chi connectivity index (χ1n) is 10.2. The van der Waals surface area contributed by atoms with Crippen molar-refractivity contribution >= 4 is 5.91 Å². The lowest BCUT2D eigenvalue weighted by Gasteiger charge is -2.22. The van der Waals surface area contributed by atoms with E-state index in [2.05, 4.69) is 15.6 Å². The van der Waals surface area contributed by atoms with Gasteiger partial charge < -0.3 is 14.6 Å². The maximum Gasteiger partial charge on any atom is 0.290 e. The van der Waals surface area contributed by atoms with Crippen LogP contribution in [-0.4, -0.2) is 40.1 Å². The molecule has 1 saturated heterocycles. The van der Waals surface area contributed by atoms with Gasteiger partial charge in [0, 0.05) is 11.6 Å². The number of carbonyl (C=O) groups excluding carboxylic acids is 1. The molecule has 3 heterocycles.